The summed E-state index contributed by atoms with van der Waals surface area (Å²) in [6.45, 7) is 5.35. The van der Waals surface area contributed by atoms with Crippen LogP contribution in [0.15, 0.2) is 4.99 Å². The van der Waals surface area contributed by atoms with E-state index in [9.17, 15) is 0 Å². The maximum absolute atomic E-state index is 5.44. The summed E-state index contributed by atoms with van der Waals surface area (Å²) in [6, 6.07) is 0.679. The van der Waals surface area contributed by atoms with Crippen LogP contribution in [0.2, 0.25) is 0 Å². The minimum Gasteiger partial charge on any atom is -0.290 e. The highest BCUT2D eigenvalue weighted by atomic mass is 14.8. The Kier molecular flexibility index (Phi) is 4.52. The van der Waals surface area contributed by atoms with Crippen LogP contribution in [0, 0.1) is 34.5 Å². The molecule has 0 saturated heterocycles. The van der Waals surface area contributed by atoms with E-state index in [2.05, 4.69) is 13.8 Å². The molecule has 1 heteroatoms. The Bertz CT molecular complexity index is 559. The molecule has 0 unspecified atom stereocenters. The summed E-state index contributed by atoms with van der Waals surface area (Å²) in [5.41, 5.74) is 2.83. The third kappa shape index (κ3) is 2.66. The molecule has 5 aliphatic rings. The third-order valence-electron chi connectivity index (χ3n) is 10.2. The van der Waals surface area contributed by atoms with E-state index >= 15 is 0 Å². The van der Waals surface area contributed by atoms with E-state index in [0.29, 0.717) is 16.9 Å². The number of nitrogens with zero attached hydrogens (tertiary/aromatic N) is 1. The van der Waals surface area contributed by atoms with Crippen molar-refractivity contribution in [1.29, 1.82) is 0 Å². The van der Waals surface area contributed by atoms with E-state index in [1.165, 1.54) is 83.5 Å². The van der Waals surface area contributed by atoms with E-state index in [0.717, 1.165) is 23.7 Å². The van der Waals surface area contributed by atoms with Crippen molar-refractivity contribution in [3.8, 4) is 0 Å². The molecule has 0 radical (unpaired) electrons. The second-order valence-corrected chi connectivity index (χ2v) is 11.3. The molecule has 146 valence electrons. The van der Waals surface area contributed by atoms with Crippen molar-refractivity contribution >= 4 is 5.71 Å². The Morgan fingerprint density at radius 1 is 0.731 bits per heavy atom. The van der Waals surface area contributed by atoms with Gasteiger partial charge >= 0.3 is 0 Å². The fourth-order valence-electron chi connectivity index (χ4n) is 8.73. The van der Waals surface area contributed by atoms with Crippen molar-refractivity contribution in [1.82, 2.24) is 0 Å². The number of hydrogen-bond acceptors (Lipinski definition) is 1. The molecule has 1 nitrogen and oxygen atoms in total. The van der Waals surface area contributed by atoms with Gasteiger partial charge in [0.05, 0.1) is 0 Å². The van der Waals surface area contributed by atoms with E-state index in [1.54, 1.807) is 18.6 Å². The van der Waals surface area contributed by atoms with Crippen LogP contribution in [-0.4, -0.2) is 11.8 Å². The quantitative estimate of drug-likeness (QED) is 0.472. The van der Waals surface area contributed by atoms with Gasteiger partial charge < -0.3 is 0 Å². The lowest BCUT2D eigenvalue weighted by Gasteiger charge is -2.60. The lowest BCUT2D eigenvalue weighted by Crippen LogP contribution is -2.52. The molecule has 5 aliphatic carbocycles. The monoisotopic (exact) mass is 355 g/mol. The van der Waals surface area contributed by atoms with Crippen molar-refractivity contribution in [2.75, 3.05) is 0 Å². The molecule has 0 N–H and O–H groups in total. The molecule has 0 aromatic heterocycles. The number of aliphatic imine (C=N–C) groups is 1. The molecule has 0 heterocycles. The van der Waals surface area contributed by atoms with Crippen molar-refractivity contribution in [3.63, 3.8) is 0 Å². The summed E-state index contributed by atoms with van der Waals surface area (Å²) in [4.78, 5) is 5.44. The maximum Gasteiger partial charge on any atom is 0.0499 e. The van der Waals surface area contributed by atoms with Crippen LogP contribution in [0.5, 0.6) is 0 Å². The summed E-state index contributed by atoms with van der Waals surface area (Å²) in [5.74, 6) is 4.07. The second kappa shape index (κ2) is 6.63. The first-order chi connectivity index (χ1) is 12.6. The molecule has 0 bridgehead atoms. The van der Waals surface area contributed by atoms with E-state index in [4.69, 9.17) is 4.99 Å². The van der Waals surface area contributed by atoms with Crippen LogP contribution in [0.25, 0.3) is 0 Å². The van der Waals surface area contributed by atoms with Gasteiger partial charge in [0.15, 0.2) is 0 Å². The van der Waals surface area contributed by atoms with Crippen molar-refractivity contribution in [2.45, 2.75) is 116 Å². The van der Waals surface area contributed by atoms with Crippen molar-refractivity contribution in [3.05, 3.63) is 0 Å². The van der Waals surface area contributed by atoms with E-state index in [1.807, 2.05) is 0 Å². The van der Waals surface area contributed by atoms with Crippen LogP contribution < -0.4 is 0 Å². The van der Waals surface area contributed by atoms with Gasteiger partial charge in [-0.15, -0.1) is 0 Å². The van der Waals surface area contributed by atoms with Gasteiger partial charge in [0.1, 0.15) is 0 Å². The number of rotatable bonds is 1. The molecule has 26 heavy (non-hydrogen) atoms. The average Bonchev–Trinajstić information content (AvgIpc) is 2.98. The minimum absolute atomic E-state index is 0.469. The lowest BCUT2D eigenvalue weighted by atomic mass is 9.45. The molecule has 0 aromatic carbocycles. The SMILES string of the molecule is C[C@]12CCCC[C@H]1CC[C@@H]1[C@@H]2CC[C@]2(C)C(=NC3CCCCC3)CC[C@@H]12. The molecular weight excluding hydrogens is 314 g/mol. The first-order valence-corrected chi connectivity index (χ1v) is 12.2. The van der Waals surface area contributed by atoms with Gasteiger partial charge in [-0.05, 0) is 93.3 Å². The Morgan fingerprint density at radius 3 is 2.38 bits per heavy atom. The second-order valence-electron chi connectivity index (χ2n) is 11.3. The first kappa shape index (κ1) is 17.7. The van der Waals surface area contributed by atoms with Crippen LogP contribution in [0.1, 0.15) is 110 Å². The Hall–Kier alpha value is -0.330. The summed E-state index contributed by atoms with van der Waals surface area (Å²) in [5, 5.41) is 0. The Morgan fingerprint density at radius 2 is 1.54 bits per heavy atom. The smallest absolute Gasteiger partial charge is 0.0499 e. The first-order valence-electron chi connectivity index (χ1n) is 12.2. The van der Waals surface area contributed by atoms with Crippen LogP contribution in [0.4, 0.5) is 0 Å². The summed E-state index contributed by atoms with van der Waals surface area (Å²) in [7, 11) is 0. The molecule has 6 atom stereocenters. The van der Waals surface area contributed by atoms with Crippen LogP contribution in [0.3, 0.4) is 0 Å². The maximum atomic E-state index is 5.44. The Labute approximate surface area is 161 Å². The third-order valence-corrected chi connectivity index (χ3v) is 10.2. The fourth-order valence-corrected chi connectivity index (χ4v) is 8.73. The van der Waals surface area contributed by atoms with Gasteiger partial charge in [-0.1, -0.05) is 46.0 Å². The highest BCUT2D eigenvalue weighted by Crippen LogP contribution is 2.65. The van der Waals surface area contributed by atoms with Gasteiger partial charge in [0, 0.05) is 17.2 Å². The molecule has 0 aliphatic heterocycles. The van der Waals surface area contributed by atoms with Gasteiger partial charge in [-0.25, -0.2) is 0 Å². The van der Waals surface area contributed by atoms with Crippen LogP contribution in [-0.2, 0) is 0 Å². The molecule has 5 saturated carbocycles. The normalized spacial score (nSPS) is 50.9. The molecular formula is C25H41N. The summed E-state index contributed by atoms with van der Waals surface area (Å²) >= 11 is 0. The van der Waals surface area contributed by atoms with Crippen molar-refractivity contribution in [2.24, 2.45) is 39.5 Å². The largest absolute Gasteiger partial charge is 0.290 e. The van der Waals surface area contributed by atoms with E-state index < -0.39 is 0 Å². The van der Waals surface area contributed by atoms with Gasteiger partial charge in [-0.2, -0.15) is 0 Å². The average molecular weight is 356 g/mol. The predicted molar refractivity (Wildman–Crippen MR) is 111 cm³/mol. The highest BCUT2D eigenvalue weighted by Gasteiger charge is 2.58. The topological polar surface area (TPSA) is 12.4 Å². The summed E-state index contributed by atoms with van der Waals surface area (Å²) < 4.78 is 0. The van der Waals surface area contributed by atoms with Crippen LogP contribution >= 0.6 is 0 Å². The standard InChI is InChI=1S/C25H41N/c1-24-16-7-6-8-18(24)11-12-20-21-13-14-23(25(21,2)17-15-22(20)24)26-19-9-4-3-5-10-19/h18-22H,3-17H2,1-2H3/t18-,20-,21-,22-,24-,25-/m0/s1. The Balaban J connectivity index is 1.39. The van der Waals surface area contributed by atoms with Gasteiger partial charge in [-0.3, -0.25) is 4.99 Å². The highest BCUT2D eigenvalue weighted by molar-refractivity contribution is 5.92. The van der Waals surface area contributed by atoms with Crippen molar-refractivity contribution < 1.29 is 0 Å². The zero-order chi connectivity index (χ0) is 17.8. The molecule has 5 fully saturated rings. The zero-order valence-corrected chi connectivity index (χ0v) is 17.4. The number of fused-ring (bicyclic) bond motifs is 5. The van der Waals surface area contributed by atoms with Gasteiger partial charge in [0.2, 0.25) is 0 Å². The fraction of sp³-hybridized carbons (Fsp3) is 0.960. The lowest BCUT2D eigenvalue weighted by molar-refractivity contribution is -0.0936. The molecule has 5 rings (SSSR count). The predicted octanol–water partition coefficient (Wildman–Crippen LogP) is 7.19. The van der Waals surface area contributed by atoms with E-state index in [-0.39, 0.29) is 0 Å². The molecule has 0 amide bonds. The minimum atomic E-state index is 0.469. The number of hydrogen-bond donors (Lipinski definition) is 0. The molecule has 0 aromatic rings. The summed E-state index contributed by atoms with van der Waals surface area (Å²) in [6.07, 6.45) is 22.0. The van der Waals surface area contributed by atoms with Gasteiger partial charge in [0.25, 0.3) is 0 Å². The molecule has 0 spiro atoms. The zero-order valence-electron chi connectivity index (χ0n) is 17.4.